The molecule has 0 radical (unpaired) electrons. The van der Waals surface area contributed by atoms with Crippen molar-refractivity contribution in [3.05, 3.63) is 29.8 Å². The summed E-state index contributed by atoms with van der Waals surface area (Å²) in [6, 6.07) is 13.0. The highest BCUT2D eigenvalue weighted by molar-refractivity contribution is 6.87. The number of benzene rings is 1. The molecule has 138 valence electrons. The molecule has 0 heterocycles. The molecule has 2 heteroatoms. The van der Waals surface area contributed by atoms with Crippen molar-refractivity contribution in [3.63, 3.8) is 0 Å². The summed E-state index contributed by atoms with van der Waals surface area (Å²) in [5, 5.41) is 0. The predicted octanol–water partition coefficient (Wildman–Crippen LogP) is 5.72. The van der Waals surface area contributed by atoms with Gasteiger partial charge >= 0.3 is 0 Å². The van der Waals surface area contributed by atoms with E-state index < -0.39 is 8.07 Å². The van der Waals surface area contributed by atoms with Gasteiger partial charge < -0.3 is 4.90 Å². The van der Waals surface area contributed by atoms with Crippen molar-refractivity contribution in [1.82, 2.24) is 0 Å². The standard InChI is InChI=1S/C24H33NSi/c1-8-26(9-2,10-3)20-14-12-11-13-15-23-16-18-24(19-17-23)25(21(4)5)22(6)7/h16-19,21-22H,8-10H2,1-7H3. The molecule has 0 fully saturated rings. The highest BCUT2D eigenvalue weighted by Gasteiger charge is 2.23. The van der Waals surface area contributed by atoms with Crippen LogP contribution in [0.4, 0.5) is 5.69 Å². The van der Waals surface area contributed by atoms with Crippen LogP contribution in [-0.2, 0) is 0 Å². The molecule has 0 atom stereocenters. The van der Waals surface area contributed by atoms with Gasteiger partial charge in [-0.25, -0.2) is 0 Å². The molecule has 0 saturated carbocycles. The summed E-state index contributed by atoms with van der Waals surface area (Å²) >= 11 is 0. The average Bonchev–Trinajstić information content (AvgIpc) is 2.62. The van der Waals surface area contributed by atoms with Crippen LogP contribution < -0.4 is 4.90 Å². The van der Waals surface area contributed by atoms with E-state index >= 15 is 0 Å². The quantitative estimate of drug-likeness (QED) is 0.462. The van der Waals surface area contributed by atoms with E-state index in [0.717, 1.165) is 5.56 Å². The molecule has 0 unspecified atom stereocenters. The van der Waals surface area contributed by atoms with Gasteiger partial charge in [0.05, 0.1) is 0 Å². The van der Waals surface area contributed by atoms with Gasteiger partial charge in [0.25, 0.3) is 0 Å². The fourth-order valence-corrected chi connectivity index (χ4v) is 5.61. The summed E-state index contributed by atoms with van der Waals surface area (Å²) in [5.74, 6) is 14.9. The second-order valence-corrected chi connectivity index (χ2v) is 12.2. The molecule has 0 aliphatic rings. The molecular formula is C24H33NSi. The Morgan fingerprint density at radius 3 is 1.73 bits per heavy atom. The summed E-state index contributed by atoms with van der Waals surface area (Å²) in [6.45, 7) is 15.6. The molecule has 0 aromatic heterocycles. The molecule has 26 heavy (non-hydrogen) atoms. The number of anilines is 1. The first-order chi connectivity index (χ1) is 12.4. The maximum Gasteiger partial charge on any atom is 0.139 e. The normalized spacial score (nSPS) is 10.3. The van der Waals surface area contributed by atoms with Gasteiger partial charge in [0, 0.05) is 23.3 Å². The van der Waals surface area contributed by atoms with Crippen LogP contribution in [0.3, 0.4) is 0 Å². The van der Waals surface area contributed by atoms with Crippen LogP contribution in [0.15, 0.2) is 24.3 Å². The monoisotopic (exact) mass is 363 g/mol. The average molecular weight is 364 g/mol. The molecule has 1 aromatic carbocycles. The van der Waals surface area contributed by atoms with Crippen molar-refractivity contribution < 1.29 is 0 Å². The van der Waals surface area contributed by atoms with E-state index in [-0.39, 0.29) is 0 Å². The third kappa shape index (κ3) is 6.33. The van der Waals surface area contributed by atoms with Crippen molar-refractivity contribution in [3.8, 4) is 35.1 Å². The molecule has 0 saturated heterocycles. The van der Waals surface area contributed by atoms with E-state index in [4.69, 9.17) is 0 Å². The third-order valence-electron chi connectivity index (χ3n) is 5.03. The van der Waals surface area contributed by atoms with E-state index in [1.807, 2.05) is 0 Å². The van der Waals surface area contributed by atoms with Crippen LogP contribution in [0.5, 0.6) is 0 Å². The van der Waals surface area contributed by atoms with Gasteiger partial charge in [-0.3, -0.25) is 0 Å². The van der Waals surface area contributed by atoms with Gasteiger partial charge in [-0.1, -0.05) is 26.7 Å². The lowest BCUT2D eigenvalue weighted by atomic mass is 10.1. The first-order valence-corrected chi connectivity index (χ1v) is 12.4. The lowest BCUT2D eigenvalue weighted by molar-refractivity contribution is 0.608. The molecule has 0 bridgehead atoms. The molecule has 1 aromatic rings. The number of hydrogen-bond acceptors (Lipinski definition) is 1. The first-order valence-electron chi connectivity index (χ1n) is 9.80. The van der Waals surface area contributed by atoms with Crippen molar-refractivity contribution >= 4 is 13.8 Å². The highest BCUT2D eigenvalue weighted by atomic mass is 28.3. The molecule has 0 aliphatic heterocycles. The Labute approximate surface area is 162 Å². The summed E-state index contributed by atoms with van der Waals surface area (Å²) in [6.07, 6.45) is 0. The maximum atomic E-state index is 3.46. The molecular weight excluding hydrogens is 330 g/mol. The zero-order chi connectivity index (χ0) is 19.6. The first kappa shape index (κ1) is 22.0. The van der Waals surface area contributed by atoms with Crippen molar-refractivity contribution in [2.24, 2.45) is 0 Å². The van der Waals surface area contributed by atoms with Crippen LogP contribution in [0.1, 0.15) is 54.0 Å². The van der Waals surface area contributed by atoms with Crippen molar-refractivity contribution in [1.29, 1.82) is 0 Å². The van der Waals surface area contributed by atoms with Gasteiger partial charge in [-0.05, 0) is 93.8 Å². The Morgan fingerprint density at radius 1 is 0.769 bits per heavy atom. The number of rotatable bonds is 6. The zero-order valence-electron chi connectivity index (χ0n) is 17.5. The van der Waals surface area contributed by atoms with Crippen LogP contribution in [0.25, 0.3) is 0 Å². The minimum absolute atomic E-state index is 0.474. The zero-order valence-corrected chi connectivity index (χ0v) is 18.5. The largest absolute Gasteiger partial charge is 0.367 e. The predicted molar refractivity (Wildman–Crippen MR) is 119 cm³/mol. The Balaban J connectivity index is 2.83. The third-order valence-corrected chi connectivity index (χ3v) is 9.75. The number of hydrogen-bond donors (Lipinski definition) is 0. The second kappa shape index (κ2) is 10.8. The van der Waals surface area contributed by atoms with Crippen LogP contribution in [0.2, 0.25) is 18.1 Å². The van der Waals surface area contributed by atoms with E-state index in [2.05, 4.69) is 113 Å². The maximum absolute atomic E-state index is 3.46. The van der Waals surface area contributed by atoms with Crippen LogP contribution >= 0.6 is 0 Å². The van der Waals surface area contributed by atoms with Crippen LogP contribution in [-0.4, -0.2) is 20.2 Å². The topological polar surface area (TPSA) is 3.24 Å². The summed E-state index contributed by atoms with van der Waals surface area (Å²) in [5.41, 5.74) is 5.69. The smallest absolute Gasteiger partial charge is 0.139 e. The van der Waals surface area contributed by atoms with Crippen molar-refractivity contribution in [2.45, 2.75) is 78.7 Å². The second-order valence-electron chi connectivity index (χ2n) is 7.23. The highest BCUT2D eigenvalue weighted by Crippen LogP contribution is 2.20. The van der Waals surface area contributed by atoms with E-state index in [1.165, 1.54) is 23.8 Å². The Kier molecular flexibility index (Phi) is 9.13. The van der Waals surface area contributed by atoms with Crippen molar-refractivity contribution in [2.75, 3.05) is 4.90 Å². The summed E-state index contributed by atoms with van der Waals surface area (Å²) < 4.78 is 0. The van der Waals surface area contributed by atoms with Gasteiger partial charge in [-0.15, -0.1) is 5.54 Å². The molecule has 0 aliphatic carbocycles. The van der Waals surface area contributed by atoms with Gasteiger partial charge in [0.1, 0.15) is 8.07 Å². The van der Waals surface area contributed by atoms with E-state index in [9.17, 15) is 0 Å². The Hall–Kier alpha value is -2.08. The minimum Gasteiger partial charge on any atom is -0.367 e. The summed E-state index contributed by atoms with van der Waals surface area (Å²) in [4.78, 5) is 2.40. The molecule has 0 amide bonds. The fraction of sp³-hybridized carbons (Fsp3) is 0.500. The van der Waals surface area contributed by atoms with Crippen LogP contribution in [0, 0.1) is 35.1 Å². The Bertz CT molecular complexity index is 719. The minimum atomic E-state index is -1.39. The van der Waals surface area contributed by atoms with Gasteiger partial charge in [-0.2, -0.15) is 0 Å². The Morgan fingerprint density at radius 2 is 1.27 bits per heavy atom. The molecule has 0 spiro atoms. The molecule has 1 rings (SSSR count). The number of nitrogens with zero attached hydrogens (tertiary/aromatic N) is 1. The molecule has 0 N–H and O–H groups in total. The molecule has 1 nitrogen and oxygen atoms in total. The lowest BCUT2D eigenvalue weighted by Gasteiger charge is -2.33. The van der Waals surface area contributed by atoms with Gasteiger partial charge in [0.2, 0.25) is 0 Å². The summed E-state index contributed by atoms with van der Waals surface area (Å²) in [7, 11) is -1.39. The SMILES string of the molecule is CC[Si](C#CC#CC#Cc1ccc(N(C(C)C)C(C)C)cc1)(CC)CC. The van der Waals surface area contributed by atoms with Gasteiger partial charge in [0.15, 0.2) is 0 Å². The van der Waals surface area contributed by atoms with E-state index in [0.29, 0.717) is 12.1 Å². The lowest BCUT2D eigenvalue weighted by Crippen LogP contribution is -2.36. The van der Waals surface area contributed by atoms with E-state index in [1.54, 1.807) is 0 Å². The fourth-order valence-electron chi connectivity index (χ4n) is 3.25.